The van der Waals surface area contributed by atoms with E-state index in [9.17, 15) is 4.57 Å². The van der Waals surface area contributed by atoms with Crippen LogP contribution in [0, 0.1) is 0 Å². The number of ether oxygens (including phenoxy) is 1. The molecule has 2 aromatic rings. The molecule has 1 aliphatic rings. The third-order valence-electron chi connectivity index (χ3n) is 4.88. The third-order valence-corrected chi connectivity index (χ3v) is 7.43. The van der Waals surface area contributed by atoms with E-state index in [1.54, 1.807) is 0 Å². The zero-order valence-corrected chi connectivity index (χ0v) is 17.0. The van der Waals surface area contributed by atoms with E-state index in [2.05, 4.69) is 0 Å². The molecule has 0 aliphatic carbocycles. The molecule has 0 bridgehead atoms. The van der Waals surface area contributed by atoms with Gasteiger partial charge in [-0.3, -0.25) is 4.57 Å². The minimum atomic E-state index is -3.44. The molecule has 1 heterocycles. The van der Waals surface area contributed by atoms with Gasteiger partial charge in [0.1, 0.15) is 5.66 Å². The molecule has 27 heavy (non-hydrogen) atoms. The van der Waals surface area contributed by atoms with Crippen LogP contribution in [0.3, 0.4) is 0 Å². The molecule has 0 N–H and O–H groups in total. The average molecular weight is 386 g/mol. The molecule has 5 heteroatoms. The topological polar surface area (TPSA) is 44.8 Å². The van der Waals surface area contributed by atoms with E-state index in [0.29, 0.717) is 19.6 Å². The van der Waals surface area contributed by atoms with Crippen molar-refractivity contribution in [1.82, 2.24) is 0 Å². The quantitative estimate of drug-likeness (QED) is 0.557. The minimum Gasteiger partial charge on any atom is -0.481 e. The second kappa shape index (κ2) is 8.43. The summed E-state index contributed by atoms with van der Waals surface area (Å²) in [5, 5.41) is 0. The highest BCUT2D eigenvalue weighted by molar-refractivity contribution is 7.54. The molecule has 1 atom stereocenters. The van der Waals surface area contributed by atoms with Crippen LogP contribution >= 0.6 is 7.60 Å². The van der Waals surface area contributed by atoms with Crippen molar-refractivity contribution in [3.8, 4) is 0 Å². The Hall–Kier alpha value is -1.87. The Morgan fingerprint density at radius 3 is 1.89 bits per heavy atom. The van der Waals surface area contributed by atoms with Crippen LogP contribution in [0.2, 0.25) is 0 Å². The summed E-state index contributed by atoms with van der Waals surface area (Å²) < 4.78 is 32.0. The predicted octanol–water partition coefficient (Wildman–Crippen LogP) is 5.89. The summed E-state index contributed by atoms with van der Waals surface area (Å²) in [7, 11) is -3.44. The van der Waals surface area contributed by atoms with Gasteiger partial charge in [-0.15, -0.1) is 0 Å². The highest BCUT2D eigenvalue weighted by Crippen LogP contribution is 2.66. The number of rotatable bonds is 7. The van der Waals surface area contributed by atoms with Gasteiger partial charge in [0, 0.05) is 17.5 Å². The Kier molecular flexibility index (Phi) is 6.21. The van der Waals surface area contributed by atoms with Gasteiger partial charge in [0.25, 0.3) is 0 Å². The maximum absolute atomic E-state index is 13.9. The fourth-order valence-corrected chi connectivity index (χ4v) is 6.13. The smallest absolute Gasteiger partial charge is 0.338 e. The first-order chi connectivity index (χ1) is 13.1. The van der Waals surface area contributed by atoms with Gasteiger partial charge in [0.15, 0.2) is 5.60 Å². The highest BCUT2D eigenvalue weighted by atomic mass is 31.2. The lowest BCUT2D eigenvalue weighted by molar-refractivity contribution is 0.0689. The monoisotopic (exact) mass is 386 g/mol. The zero-order chi connectivity index (χ0) is 19.3. The molecule has 1 saturated heterocycles. The van der Waals surface area contributed by atoms with Crippen molar-refractivity contribution in [3.63, 3.8) is 0 Å². The van der Waals surface area contributed by atoms with Crippen molar-refractivity contribution in [2.75, 3.05) is 13.2 Å². The number of allylic oxidation sites excluding steroid dienone is 2. The maximum atomic E-state index is 13.9. The summed E-state index contributed by atoms with van der Waals surface area (Å²) in [5.74, 6) is 0.798. The van der Waals surface area contributed by atoms with Crippen LogP contribution in [0.4, 0.5) is 0 Å². The van der Waals surface area contributed by atoms with E-state index in [1.165, 1.54) is 0 Å². The molecule has 0 spiro atoms. The molecule has 0 aromatic heterocycles. The van der Waals surface area contributed by atoms with E-state index >= 15 is 0 Å². The van der Waals surface area contributed by atoms with Gasteiger partial charge in [-0.25, -0.2) is 0 Å². The number of benzene rings is 2. The van der Waals surface area contributed by atoms with Gasteiger partial charge >= 0.3 is 7.60 Å². The Morgan fingerprint density at radius 2 is 1.48 bits per heavy atom. The van der Waals surface area contributed by atoms with Crippen LogP contribution in [-0.4, -0.2) is 18.9 Å². The fraction of sp³-hybridized carbons (Fsp3) is 0.364. The molecule has 0 radical (unpaired) electrons. The van der Waals surface area contributed by atoms with Crippen LogP contribution in [0.1, 0.15) is 38.3 Å². The summed E-state index contributed by atoms with van der Waals surface area (Å²) in [5.41, 5.74) is 0.487. The van der Waals surface area contributed by atoms with E-state index in [-0.39, 0.29) is 0 Å². The van der Waals surface area contributed by atoms with Crippen molar-refractivity contribution in [2.45, 2.75) is 38.5 Å². The normalized spacial score (nSPS) is 20.6. The van der Waals surface area contributed by atoms with Gasteiger partial charge < -0.3 is 13.8 Å². The summed E-state index contributed by atoms with van der Waals surface area (Å²) in [4.78, 5) is 0. The van der Waals surface area contributed by atoms with Crippen LogP contribution in [0.25, 0.3) is 0 Å². The Labute approximate surface area is 161 Å². The SMILES string of the molecule is C/C=C1\CC(P(=O)(OCC)OCC)C(c2ccccc2)(c2ccccc2)O1. The minimum absolute atomic E-state index is 0.318. The average Bonchev–Trinajstić information content (AvgIpc) is 3.12. The van der Waals surface area contributed by atoms with Crippen LogP contribution in [0.15, 0.2) is 72.5 Å². The molecule has 4 nitrogen and oxygen atoms in total. The zero-order valence-electron chi connectivity index (χ0n) is 16.1. The van der Waals surface area contributed by atoms with Gasteiger partial charge in [0.05, 0.1) is 19.0 Å². The molecule has 1 aliphatic heterocycles. The maximum Gasteiger partial charge on any atom is 0.338 e. The second-order valence-electron chi connectivity index (χ2n) is 6.42. The first kappa shape index (κ1) is 19.9. The van der Waals surface area contributed by atoms with Crippen LogP contribution in [0.5, 0.6) is 0 Å². The molecule has 3 rings (SSSR count). The summed E-state index contributed by atoms with van der Waals surface area (Å²) in [6, 6.07) is 19.9. The molecular formula is C22H27O4P. The summed E-state index contributed by atoms with van der Waals surface area (Å²) in [6.45, 7) is 6.25. The van der Waals surface area contributed by atoms with Crippen molar-refractivity contribution in [3.05, 3.63) is 83.6 Å². The van der Waals surface area contributed by atoms with Crippen molar-refractivity contribution in [1.29, 1.82) is 0 Å². The molecule has 0 saturated carbocycles. The van der Waals surface area contributed by atoms with Crippen molar-refractivity contribution in [2.24, 2.45) is 0 Å². The van der Waals surface area contributed by atoms with E-state index in [0.717, 1.165) is 16.9 Å². The van der Waals surface area contributed by atoms with Crippen molar-refractivity contribution >= 4 is 7.60 Å². The van der Waals surface area contributed by atoms with Gasteiger partial charge in [0.2, 0.25) is 0 Å². The first-order valence-electron chi connectivity index (χ1n) is 9.44. The lowest BCUT2D eigenvalue weighted by atomic mass is 9.83. The van der Waals surface area contributed by atoms with E-state index < -0.39 is 18.9 Å². The largest absolute Gasteiger partial charge is 0.481 e. The molecule has 1 fully saturated rings. The summed E-state index contributed by atoms with van der Waals surface area (Å²) >= 11 is 0. The standard InChI is InChI=1S/C22H27O4P/c1-4-20-17-21(27(23,24-5-2)25-6-3)22(26-20,18-13-9-7-10-14-18)19-15-11-8-12-16-19/h4,7-16,21H,5-6,17H2,1-3H3/b20-4+. The number of hydrogen-bond acceptors (Lipinski definition) is 4. The predicted molar refractivity (Wildman–Crippen MR) is 108 cm³/mol. The van der Waals surface area contributed by atoms with Gasteiger partial charge in [-0.1, -0.05) is 60.7 Å². The Balaban J connectivity index is 2.27. The fourth-order valence-electron chi connectivity index (χ4n) is 3.78. The van der Waals surface area contributed by atoms with Gasteiger partial charge in [-0.2, -0.15) is 0 Å². The molecule has 2 aromatic carbocycles. The van der Waals surface area contributed by atoms with E-state index in [4.69, 9.17) is 13.8 Å². The van der Waals surface area contributed by atoms with Crippen LogP contribution in [-0.2, 0) is 24.0 Å². The molecule has 0 amide bonds. The lowest BCUT2D eigenvalue weighted by Crippen LogP contribution is -2.38. The molecular weight excluding hydrogens is 359 g/mol. The second-order valence-corrected chi connectivity index (χ2v) is 8.64. The van der Waals surface area contributed by atoms with Gasteiger partial charge in [-0.05, 0) is 26.8 Å². The molecule has 144 valence electrons. The Morgan fingerprint density at radius 1 is 1.00 bits per heavy atom. The lowest BCUT2D eigenvalue weighted by Gasteiger charge is -2.37. The molecule has 1 unspecified atom stereocenters. The Bertz CT molecular complexity index is 767. The van der Waals surface area contributed by atoms with Crippen molar-refractivity contribution < 1.29 is 18.3 Å². The third kappa shape index (κ3) is 3.62. The van der Waals surface area contributed by atoms with E-state index in [1.807, 2.05) is 87.5 Å². The van der Waals surface area contributed by atoms with Crippen LogP contribution < -0.4 is 0 Å². The first-order valence-corrected chi connectivity index (χ1v) is 11.1. The number of hydrogen-bond donors (Lipinski definition) is 0. The summed E-state index contributed by atoms with van der Waals surface area (Å²) in [6.07, 6.45) is 2.43. The highest BCUT2D eigenvalue weighted by Gasteiger charge is 2.59.